The smallest absolute Gasteiger partial charge is 0.269 e. The number of carbonyl (C=O) groups is 2. The number of nitrogens with one attached hydrogen (secondary N) is 1. The SMILES string of the molecule is CC1=C(C#N)C(=O)NC(=O)/C1=C\c1ccc(-c2cccc3ccccc23)o1. The minimum Gasteiger partial charge on any atom is -0.457 e. The van der Waals surface area contributed by atoms with Crippen LogP contribution in [0.5, 0.6) is 0 Å². The largest absolute Gasteiger partial charge is 0.457 e. The average Bonchev–Trinajstić information content (AvgIpc) is 3.13. The molecule has 3 aromatic rings. The molecule has 0 aliphatic carbocycles. The lowest BCUT2D eigenvalue weighted by molar-refractivity contribution is -0.126. The van der Waals surface area contributed by atoms with Crippen LogP contribution < -0.4 is 5.32 Å². The van der Waals surface area contributed by atoms with Crippen LogP contribution in [0.3, 0.4) is 0 Å². The molecule has 0 bridgehead atoms. The van der Waals surface area contributed by atoms with E-state index in [1.165, 1.54) is 0 Å². The van der Waals surface area contributed by atoms with E-state index < -0.39 is 11.8 Å². The van der Waals surface area contributed by atoms with Crippen molar-refractivity contribution in [3.8, 4) is 17.4 Å². The van der Waals surface area contributed by atoms with Crippen molar-refractivity contribution in [1.82, 2.24) is 5.32 Å². The second-order valence-corrected chi connectivity index (χ2v) is 6.18. The number of amides is 2. The van der Waals surface area contributed by atoms with Crippen molar-refractivity contribution in [1.29, 1.82) is 5.26 Å². The summed E-state index contributed by atoms with van der Waals surface area (Å²) in [5.41, 5.74) is 1.46. The summed E-state index contributed by atoms with van der Waals surface area (Å²) in [6, 6.07) is 19.4. The molecule has 0 spiro atoms. The van der Waals surface area contributed by atoms with Gasteiger partial charge in [0.25, 0.3) is 11.8 Å². The van der Waals surface area contributed by atoms with Crippen LogP contribution in [0, 0.1) is 11.3 Å². The van der Waals surface area contributed by atoms with Crippen molar-refractivity contribution in [2.75, 3.05) is 0 Å². The molecule has 1 aromatic heterocycles. The highest BCUT2D eigenvalue weighted by molar-refractivity contribution is 6.19. The van der Waals surface area contributed by atoms with Crippen molar-refractivity contribution in [3.05, 3.63) is 77.1 Å². The molecule has 1 aliphatic heterocycles. The molecule has 5 nitrogen and oxygen atoms in total. The molecule has 1 aliphatic rings. The molecule has 0 saturated heterocycles. The Morgan fingerprint density at radius 3 is 2.59 bits per heavy atom. The zero-order valence-corrected chi connectivity index (χ0v) is 14.4. The fraction of sp³-hybridized carbons (Fsp3) is 0.0455. The van der Waals surface area contributed by atoms with E-state index in [-0.39, 0.29) is 11.1 Å². The van der Waals surface area contributed by atoms with Gasteiger partial charge in [-0.2, -0.15) is 5.26 Å². The standard InChI is InChI=1S/C22H14N2O3/c1-13-18(21(25)24-22(26)19(13)12-23)11-15-9-10-20(27-15)17-8-4-6-14-5-2-3-7-16(14)17/h2-11H,1H3,(H,24,25,26)/b18-11-. The van der Waals surface area contributed by atoms with Gasteiger partial charge in [0.1, 0.15) is 23.2 Å². The number of nitriles is 1. The van der Waals surface area contributed by atoms with Crippen LogP contribution in [0.4, 0.5) is 0 Å². The van der Waals surface area contributed by atoms with Crippen molar-refractivity contribution in [2.24, 2.45) is 0 Å². The average molecular weight is 354 g/mol. The third-order valence-electron chi connectivity index (χ3n) is 4.56. The van der Waals surface area contributed by atoms with E-state index in [0.29, 0.717) is 17.1 Å². The molecule has 0 unspecified atom stereocenters. The molecule has 27 heavy (non-hydrogen) atoms. The summed E-state index contributed by atoms with van der Waals surface area (Å²) in [5.74, 6) is -0.0743. The second-order valence-electron chi connectivity index (χ2n) is 6.18. The van der Waals surface area contributed by atoms with Crippen LogP contribution in [-0.4, -0.2) is 11.8 Å². The molecule has 130 valence electrons. The van der Waals surface area contributed by atoms with Crippen molar-refractivity contribution in [2.45, 2.75) is 6.92 Å². The van der Waals surface area contributed by atoms with Gasteiger partial charge in [-0.25, -0.2) is 0 Å². The van der Waals surface area contributed by atoms with E-state index in [9.17, 15) is 9.59 Å². The predicted octanol–water partition coefficient (Wildman–Crippen LogP) is 3.98. The van der Waals surface area contributed by atoms with E-state index in [2.05, 4.69) is 5.32 Å². The number of hydrogen-bond donors (Lipinski definition) is 1. The van der Waals surface area contributed by atoms with Gasteiger partial charge >= 0.3 is 0 Å². The van der Waals surface area contributed by atoms with Crippen molar-refractivity contribution in [3.63, 3.8) is 0 Å². The maximum atomic E-state index is 12.1. The highest BCUT2D eigenvalue weighted by atomic mass is 16.3. The molecule has 2 amide bonds. The summed E-state index contributed by atoms with van der Waals surface area (Å²) in [6.07, 6.45) is 1.54. The Kier molecular flexibility index (Phi) is 3.94. The second kappa shape index (κ2) is 6.43. The first kappa shape index (κ1) is 16.6. The molecule has 0 atom stereocenters. The van der Waals surface area contributed by atoms with Gasteiger partial charge in [-0.05, 0) is 41.5 Å². The number of furan rings is 1. The number of carbonyl (C=O) groups excluding carboxylic acids is 2. The lowest BCUT2D eigenvalue weighted by Crippen LogP contribution is -2.37. The number of fused-ring (bicyclic) bond motifs is 1. The van der Waals surface area contributed by atoms with Gasteiger partial charge in [0.2, 0.25) is 0 Å². The number of nitrogens with zero attached hydrogens (tertiary/aromatic N) is 1. The Hall–Kier alpha value is -3.91. The first-order valence-corrected chi connectivity index (χ1v) is 8.35. The van der Waals surface area contributed by atoms with E-state index >= 15 is 0 Å². The van der Waals surface area contributed by atoms with Gasteiger partial charge in [-0.1, -0.05) is 42.5 Å². The van der Waals surface area contributed by atoms with Crippen LogP contribution >= 0.6 is 0 Å². The lowest BCUT2D eigenvalue weighted by Gasteiger charge is -2.15. The van der Waals surface area contributed by atoms with Gasteiger partial charge in [0, 0.05) is 11.1 Å². The molecule has 0 fully saturated rings. The normalized spacial score (nSPS) is 15.9. The van der Waals surface area contributed by atoms with Gasteiger partial charge in [-0.3, -0.25) is 14.9 Å². The van der Waals surface area contributed by atoms with Gasteiger partial charge in [-0.15, -0.1) is 0 Å². The molecule has 5 heteroatoms. The van der Waals surface area contributed by atoms with Crippen LogP contribution in [0.1, 0.15) is 12.7 Å². The Morgan fingerprint density at radius 2 is 1.78 bits per heavy atom. The summed E-state index contributed by atoms with van der Waals surface area (Å²) >= 11 is 0. The van der Waals surface area contributed by atoms with Crippen LogP contribution in [0.15, 0.2) is 75.7 Å². The summed E-state index contributed by atoms with van der Waals surface area (Å²) in [5, 5.41) is 13.5. The Bertz CT molecular complexity index is 1200. The molecule has 2 aromatic carbocycles. The quantitative estimate of drug-likeness (QED) is 0.557. The highest BCUT2D eigenvalue weighted by Crippen LogP contribution is 2.31. The molecule has 2 heterocycles. The summed E-state index contributed by atoms with van der Waals surface area (Å²) in [7, 11) is 0. The number of rotatable bonds is 2. The van der Waals surface area contributed by atoms with Crippen molar-refractivity contribution >= 4 is 28.7 Å². The molecule has 0 saturated carbocycles. The van der Waals surface area contributed by atoms with E-state index in [1.54, 1.807) is 19.1 Å². The first-order chi connectivity index (χ1) is 13.1. The highest BCUT2D eigenvalue weighted by Gasteiger charge is 2.27. The summed E-state index contributed by atoms with van der Waals surface area (Å²) < 4.78 is 5.93. The fourth-order valence-electron chi connectivity index (χ4n) is 3.17. The molecule has 4 rings (SSSR count). The summed E-state index contributed by atoms with van der Waals surface area (Å²) in [6.45, 7) is 1.58. The van der Waals surface area contributed by atoms with Gasteiger partial charge in [0.05, 0.1) is 0 Å². The minimum atomic E-state index is -0.673. The fourth-order valence-corrected chi connectivity index (χ4v) is 3.17. The third kappa shape index (κ3) is 2.83. The van der Waals surface area contributed by atoms with Crippen LogP contribution in [0.2, 0.25) is 0 Å². The third-order valence-corrected chi connectivity index (χ3v) is 4.56. The number of imide groups is 1. The van der Waals surface area contributed by atoms with E-state index in [1.807, 2.05) is 54.6 Å². The first-order valence-electron chi connectivity index (χ1n) is 8.35. The Balaban J connectivity index is 1.78. The zero-order valence-electron chi connectivity index (χ0n) is 14.4. The number of benzene rings is 2. The van der Waals surface area contributed by atoms with Crippen LogP contribution in [-0.2, 0) is 9.59 Å². The predicted molar refractivity (Wildman–Crippen MR) is 101 cm³/mol. The topological polar surface area (TPSA) is 83.1 Å². The van der Waals surface area contributed by atoms with E-state index in [4.69, 9.17) is 9.68 Å². The summed E-state index contributed by atoms with van der Waals surface area (Å²) in [4.78, 5) is 23.8. The Labute approximate surface area is 155 Å². The maximum Gasteiger partial charge on any atom is 0.269 e. The van der Waals surface area contributed by atoms with E-state index in [0.717, 1.165) is 16.3 Å². The minimum absolute atomic E-state index is 0.0679. The Morgan fingerprint density at radius 1 is 1.00 bits per heavy atom. The molecular formula is C22H14N2O3. The molecular weight excluding hydrogens is 340 g/mol. The monoisotopic (exact) mass is 354 g/mol. The van der Waals surface area contributed by atoms with Crippen molar-refractivity contribution < 1.29 is 14.0 Å². The molecule has 0 radical (unpaired) electrons. The number of hydrogen-bond acceptors (Lipinski definition) is 4. The lowest BCUT2D eigenvalue weighted by atomic mass is 9.96. The van der Waals surface area contributed by atoms with Crippen LogP contribution in [0.25, 0.3) is 28.2 Å². The van der Waals surface area contributed by atoms with Gasteiger partial charge < -0.3 is 4.42 Å². The van der Waals surface area contributed by atoms with Gasteiger partial charge in [0.15, 0.2) is 0 Å². The molecule has 1 N–H and O–H groups in total. The maximum absolute atomic E-state index is 12.1. The zero-order chi connectivity index (χ0) is 19.0.